The van der Waals surface area contributed by atoms with Crippen LogP contribution in [0.3, 0.4) is 0 Å². The Hall–Kier alpha value is 0.240. The van der Waals surface area contributed by atoms with E-state index in [0.29, 0.717) is 6.42 Å². The largest absolute Gasteiger partial charge is 0.395 e. The minimum Gasteiger partial charge on any atom is -0.395 e. The Morgan fingerprint density at radius 3 is 2.60 bits per heavy atom. The monoisotopic (exact) mass is 164 g/mol. The molecule has 0 aromatic carbocycles. The van der Waals surface area contributed by atoms with Crippen molar-refractivity contribution < 1.29 is 9.50 Å². The Morgan fingerprint density at radius 1 is 1.80 bits per heavy atom. The number of hydrogen-bond acceptors (Lipinski definition) is 2. The summed E-state index contributed by atoms with van der Waals surface area (Å²) in [6.45, 7) is 3.59. The molecule has 10 heavy (non-hydrogen) atoms. The highest BCUT2D eigenvalue weighted by molar-refractivity contribution is 8.00. The Balaban J connectivity index is 2.53. The number of halogens is 1. The molecule has 1 aliphatic heterocycles. The van der Waals surface area contributed by atoms with Crippen LogP contribution >= 0.6 is 11.8 Å². The zero-order valence-corrected chi connectivity index (χ0v) is 7.12. The molecule has 1 fully saturated rings. The van der Waals surface area contributed by atoms with Crippen LogP contribution < -0.4 is 0 Å². The molecule has 0 aromatic rings. The van der Waals surface area contributed by atoms with Crippen LogP contribution in [-0.2, 0) is 0 Å². The zero-order chi connectivity index (χ0) is 7.78. The lowest BCUT2D eigenvalue weighted by Crippen LogP contribution is -2.24. The maximum atomic E-state index is 13.3. The quantitative estimate of drug-likeness (QED) is 0.635. The van der Waals surface area contributed by atoms with Crippen molar-refractivity contribution in [3.05, 3.63) is 0 Å². The second kappa shape index (κ2) is 2.70. The van der Waals surface area contributed by atoms with Crippen molar-refractivity contribution in [3.63, 3.8) is 0 Å². The highest BCUT2D eigenvalue weighted by Gasteiger charge is 2.41. The summed E-state index contributed by atoms with van der Waals surface area (Å²) < 4.78 is 13.3. The first-order chi connectivity index (χ1) is 4.56. The second-order valence-electron chi connectivity index (χ2n) is 3.07. The maximum Gasteiger partial charge on any atom is 0.120 e. The Bertz CT molecular complexity index is 127. The van der Waals surface area contributed by atoms with Crippen molar-refractivity contribution >= 4 is 11.8 Å². The van der Waals surface area contributed by atoms with Crippen LogP contribution in [0.25, 0.3) is 0 Å². The number of hydrogen-bond donors (Lipinski definition) is 1. The van der Waals surface area contributed by atoms with Crippen LogP contribution in [-0.4, -0.2) is 27.9 Å². The third-order valence-electron chi connectivity index (χ3n) is 2.07. The third-order valence-corrected chi connectivity index (χ3v) is 3.67. The van der Waals surface area contributed by atoms with Crippen molar-refractivity contribution in [1.29, 1.82) is 0 Å². The fraction of sp³-hybridized carbons (Fsp3) is 1.00. The molecule has 1 aliphatic rings. The van der Waals surface area contributed by atoms with Gasteiger partial charge in [-0.2, -0.15) is 0 Å². The van der Waals surface area contributed by atoms with Gasteiger partial charge in [0.2, 0.25) is 0 Å². The smallest absolute Gasteiger partial charge is 0.120 e. The van der Waals surface area contributed by atoms with Crippen LogP contribution in [0.5, 0.6) is 0 Å². The van der Waals surface area contributed by atoms with Gasteiger partial charge in [0.15, 0.2) is 0 Å². The molecule has 3 unspecified atom stereocenters. The van der Waals surface area contributed by atoms with Crippen molar-refractivity contribution in [2.75, 3.05) is 6.61 Å². The molecule has 0 aromatic heterocycles. The molecule has 3 heteroatoms. The van der Waals surface area contributed by atoms with Crippen LogP contribution in [0, 0.1) is 0 Å². The molecule has 0 spiro atoms. The Kier molecular flexibility index (Phi) is 2.25. The fourth-order valence-corrected chi connectivity index (χ4v) is 2.66. The molecular formula is C7H13FOS. The van der Waals surface area contributed by atoms with Gasteiger partial charge < -0.3 is 5.11 Å². The van der Waals surface area contributed by atoms with Gasteiger partial charge in [0.1, 0.15) is 5.67 Å². The molecule has 60 valence electrons. The first-order valence-electron chi connectivity index (χ1n) is 3.51. The minimum absolute atomic E-state index is 0.0321. The van der Waals surface area contributed by atoms with E-state index < -0.39 is 5.67 Å². The van der Waals surface area contributed by atoms with Crippen molar-refractivity contribution in [2.24, 2.45) is 0 Å². The van der Waals surface area contributed by atoms with Gasteiger partial charge in [-0.15, -0.1) is 11.8 Å². The Morgan fingerprint density at radius 2 is 2.40 bits per heavy atom. The Labute approximate surface area is 65.0 Å². The summed E-state index contributed by atoms with van der Waals surface area (Å²) in [5, 5.41) is 8.88. The molecule has 0 bridgehead atoms. The molecule has 1 rings (SSSR count). The van der Waals surface area contributed by atoms with Gasteiger partial charge in [0, 0.05) is 10.5 Å². The van der Waals surface area contributed by atoms with Gasteiger partial charge >= 0.3 is 0 Å². The molecule has 3 atom stereocenters. The summed E-state index contributed by atoms with van der Waals surface area (Å²) in [4.78, 5) is 0. The van der Waals surface area contributed by atoms with Gasteiger partial charge in [-0.05, 0) is 13.3 Å². The molecule has 0 amide bonds. The van der Waals surface area contributed by atoms with Crippen molar-refractivity contribution in [1.82, 2.24) is 0 Å². The lowest BCUT2D eigenvalue weighted by molar-refractivity contribution is 0.174. The highest BCUT2D eigenvalue weighted by atomic mass is 32.2. The van der Waals surface area contributed by atoms with E-state index >= 15 is 0 Å². The SMILES string of the molecule is CC1SC(CO)CC1(C)F. The van der Waals surface area contributed by atoms with Crippen LogP contribution in [0.2, 0.25) is 0 Å². The van der Waals surface area contributed by atoms with Crippen LogP contribution in [0.15, 0.2) is 0 Å². The van der Waals surface area contributed by atoms with Gasteiger partial charge in [-0.3, -0.25) is 0 Å². The summed E-state index contributed by atoms with van der Waals surface area (Å²) in [5.74, 6) is 0. The molecule has 0 radical (unpaired) electrons. The molecule has 1 N–H and O–H groups in total. The molecular weight excluding hydrogens is 151 g/mol. The van der Waals surface area contributed by atoms with E-state index in [1.165, 1.54) is 0 Å². The first kappa shape index (κ1) is 8.34. The number of thioether (sulfide) groups is 1. The number of aliphatic hydroxyl groups is 1. The summed E-state index contributed by atoms with van der Waals surface area (Å²) in [6.07, 6.45) is 0.495. The first-order valence-corrected chi connectivity index (χ1v) is 4.46. The summed E-state index contributed by atoms with van der Waals surface area (Å²) in [7, 11) is 0. The van der Waals surface area contributed by atoms with E-state index in [1.807, 2.05) is 6.92 Å². The molecule has 0 aliphatic carbocycles. The normalized spacial score (nSPS) is 48.0. The average Bonchev–Trinajstić information content (AvgIpc) is 2.08. The van der Waals surface area contributed by atoms with Crippen molar-refractivity contribution in [2.45, 2.75) is 36.4 Å². The summed E-state index contributed by atoms with van der Waals surface area (Å²) in [5.41, 5.74) is -1.07. The highest BCUT2D eigenvalue weighted by Crippen LogP contribution is 2.43. The van der Waals surface area contributed by atoms with Crippen molar-refractivity contribution in [3.8, 4) is 0 Å². The standard InChI is InChI=1S/C7H13FOS/c1-5-7(2,8)3-6(4-9)10-5/h5-6,9H,3-4H2,1-2H3. The lowest BCUT2D eigenvalue weighted by Gasteiger charge is -2.16. The van der Waals surface area contributed by atoms with Gasteiger partial charge in [-0.25, -0.2) is 4.39 Å². The van der Waals surface area contributed by atoms with Gasteiger partial charge in [-0.1, -0.05) is 6.92 Å². The van der Waals surface area contributed by atoms with Crippen LogP contribution in [0.4, 0.5) is 4.39 Å². The van der Waals surface area contributed by atoms with E-state index in [0.717, 1.165) is 0 Å². The third kappa shape index (κ3) is 1.45. The molecule has 1 nitrogen and oxygen atoms in total. The zero-order valence-electron chi connectivity index (χ0n) is 6.30. The van der Waals surface area contributed by atoms with E-state index in [-0.39, 0.29) is 17.1 Å². The summed E-state index contributed by atoms with van der Waals surface area (Å²) in [6, 6.07) is 0. The average molecular weight is 164 g/mol. The van der Waals surface area contributed by atoms with E-state index in [1.54, 1.807) is 18.7 Å². The number of rotatable bonds is 1. The van der Waals surface area contributed by atoms with E-state index in [2.05, 4.69) is 0 Å². The van der Waals surface area contributed by atoms with Gasteiger partial charge in [0.05, 0.1) is 6.61 Å². The molecule has 1 saturated heterocycles. The van der Waals surface area contributed by atoms with Gasteiger partial charge in [0.25, 0.3) is 0 Å². The maximum absolute atomic E-state index is 13.3. The number of alkyl halides is 1. The predicted molar refractivity (Wildman–Crippen MR) is 42.1 cm³/mol. The molecule has 0 saturated carbocycles. The minimum atomic E-state index is -1.07. The van der Waals surface area contributed by atoms with Crippen LogP contribution in [0.1, 0.15) is 20.3 Å². The summed E-state index contributed by atoms with van der Waals surface area (Å²) >= 11 is 1.55. The van der Waals surface area contributed by atoms with E-state index in [9.17, 15) is 4.39 Å². The second-order valence-corrected chi connectivity index (χ2v) is 4.71. The lowest BCUT2D eigenvalue weighted by atomic mass is 10.00. The molecule has 1 heterocycles. The number of aliphatic hydroxyl groups excluding tert-OH is 1. The fourth-order valence-electron chi connectivity index (χ4n) is 1.20. The van der Waals surface area contributed by atoms with E-state index in [4.69, 9.17) is 5.11 Å². The topological polar surface area (TPSA) is 20.2 Å². The predicted octanol–water partition coefficient (Wildman–Crippen LogP) is 1.60.